The van der Waals surface area contributed by atoms with Crippen LogP contribution < -0.4 is 5.32 Å². The fraction of sp³-hybridized carbons (Fsp3) is 0.467. The first-order valence-electron chi connectivity index (χ1n) is 7.02. The molecule has 0 aliphatic rings. The number of aromatic nitrogens is 2. The molecule has 21 heavy (non-hydrogen) atoms. The fourth-order valence-electron chi connectivity index (χ4n) is 1.98. The van der Waals surface area contributed by atoms with Crippen LogP contribution in [0.2, 0.25) is 0 Å². The Morgan fingerprint density at radius 2 is 2.10 bits per heavy atom. The van der Waals surface area contributed by atoms with Crippen LogP contribution >= 0.6 is 23.1 Å². The van der Waals surface area contributed by atoms with Crippen molar-refractivity contribution < 1.29 is 4.39 Å². The molecule has 0 amide bonds. The molecule has 0 saturated carbocycles. The first-order chi connectivity index (χ1) is 10.0. The van der Waals surface area contributed by atoms with Crippen molar-refractivity contribution in [2.45, 2.75) is 49.4 Å². The van der Waals surface area contributed by atoms with Crippen molar-refractivity contribution in [3.05, 3.63) is 34.1 Å². The van der Waals surface area contributed by atoms with E-state index in [1.807, 2.05) is 13.0 Å². The molecule has 0 bridgehead atoms. The number of nitrogens with one attached hydrogen (secondary N) is 1. The Hall–Kier alpha value is -0.980. The van der Waals surface area contributed by atoms with Gasteiger partial charge < -0.3 is 5.32 Å². The maximum atomic E-state index is 13.9. The lowest BCUT2D eigenvalue weighted by Gasteiger charge is -2.18. The molecule has 6 heteroatoms. The molecule has 1 N–H and O–H groups in total. The topological polar surface area (TPSA) is 37.8 Å². The number of hydrogen-bond donors (Lipinski definition) is 1. The van der Waals surface area contributed by atoms with E-state index in [1.165, 1.54) is 0 Å². The predicted octanol–water partition coefficient (Wildman–Crippen LogP) is 4.51. The summed E-state index contributed by atoms with van der Waals surface area (Å²) < 4.78 is 14.8. The van der Waals surface area contributed by atoms with Crippen LogP contribution in [0.1, 0.15) is 42.4 Å². The summed E-state index contributed by atoms with van der Waals surface area (Å²) in [6.45, 7) is 8.83. The molecule has 114 valence electrons. The average Bonchev–Trinajstić information content (AvgIpc) is 2.85. The zero-order valence-corrected chi connectivity index (χ0v) is 14.4. The van der Waals surface area contributed by atoms with Crippen LogP contribution in [0.25, 0.3) is 0 Å². The standard InChI is InChI=1S/C15H20FN3S2/c1-5-6-17-10(3)12-8-13(16)9(2)7-14(12)21-15-19-18-11(4)20-15/h7-8,10,17H,5-6H2,1-4H3. The zero-order valence-electron chi connectivity index (χ0n) is 12.7. The quantitative estimate of drug-likeness (QED) is 0.848. The summed E-state index contributed by atoms with van der Waals surface area (Å²) in [5.41, 5.74) is 1.63. The molecular formula is C15H20FN3S2. The van der Waals surface area contributed by atoms with Gasteiger partial charge in [-0.15, -0.1) is 10.2 Å². The highest BCUT2D eigenvalue weighted by Crippen LogP contribution is 2.36. The lowest BCUT2D eigenvalue weighted by atomic mass is 10.1. The summed E-state index contributed by atoms with van der Waals surface area (Å²) in [5, 5.41) is 12.5. The van der Waals surface area contributed by atoms with Crippen molar-refractivity contribution in [1.82, 2.24) is 15.5 Å². The monoisotopic (exact) mass is 325 g/mol. The Kier molecular flexibility index (Phi) is 5.72. The van der Waals surface area contributed by atoms with E-state index in [0.29, 0.717) is 5.56 Å². The molecule has 3 nitrogen and oxygen atoms in total. The molecule has 1 heterocycles. The van der Waals surface area contributed by atoms with Crippen LogP contribution in [0.15, 0.2) is 21.4 Å². The lowest BCUT2D eigenvalue weighted by Crippen LogP contribution is -2.20. The van der Waals surface area contributed by atoms with Crippen molar-refractivity contribution >= 4 is 23.1 Å². The van der Waals surface area contributed by atoms with Gasteiger partial charge in [-0.05, 0) is 57.0 Å². The second-order valence-corrected chi connectivity index (χ2v) is 7.47. The van der Waals surface area contributed by atoms with Gasteiger partial charge in [0.05, 0.1) is 0 Å². The summed E-state index contributed by atoms with van der Waals surface area (Å²) in [6.07, 6.45) is 1.05. The maximum Gasteiger partial charge on any atom is 0.179 e. The Balaban J connectivity index is 2.31. The first kappa shape index (κ1) is 16.4. The molecule has 0 fully saturated rings. The molecule has 0 aliphatic carbocycles. The highest BCUT2D eigenvalue weighted by atomic mass is 32.2. The second kappa shape index (κ2) is 7.33. The van der Waals surface area contributed by atoms with Gasteiger partial charge in [0.2, 0.25) is 0 Å². The number of rotatable bonds is 6. The van der Waals surface area contributed by atoms with Gasteiger partial charge >= 0.3 is 0 Å². The Labute approximate surface area is 133 Å². The molecule has 0 aliphatic heterocycles. The van der Waals surface area contributed by atoms with Crippen molar-refractivity contribution in [3.8, 4) is 0 Å². The van der Waals surface area contributed by atoms with Crippen LogP contribution in [0.5, 0.6) is 0 Å². The van der Waals surface area contributed by atoms with Crippen molar-refractivity contribution in [2.75, 3.05) is 6.54 Å². The lowest BCUT2D eigenvalue weighted by molar-refractivity contribution is 0.552. The minimum Gasteiger partial charge on any atom is -0.310 e. The van der Waals surface area contributed by atoms with E-state index in [-0.39, 0.29) is 11.9 Å². The third-order valence-electron chi connectivity index (χ3n) is 3.16. The highest BCUT2D eigenvalue weighted by molar-refractivity contribution is 8.01. The second-order valence-electron chi connectivity index (χ2n) is 5.00. The minimum atomic E-state index is -0.159. The van der Waals surface area contributed by atoms with Crippen LogP contribution in [-0.4, -0.2) is 16.7 Å². The van der Waals surface area contributed by atoms with Gasteiger partial charge in [0.1, 0.15) is 10.8 Å². The fourth-order valence-corrected chi connectivity index (χ4v) is 4.05. The van der Waals surface area contributed by atoms with Crippen LogP contribution in [0.3, 0.4) is 0 Å². The van der Waals surface area contributed by atoms with Gasteiger partial charge in [0, 0.05) is 10.9 Å². The van der Waals surface area contributed by atoms with E-state index in [1.54, 1.807) is 36.1 Å². The van der Waals surface area contributed by atoms with Crippen molar-refractivity contribution in [2.24, 2.45) is 0 Å². The summed E-state index contributed by atoms with van der Waals surface area (Å²) in [6, 6.07) is 3.64. The number of nitrogens with zero attached hydrogens (tertiary/aromatic N) is 2. The van der Waals surface area contributed by atoms with Crippen molar-refractivity contribution in [3.63, 3.8) is 0 Å². The van der Waals surface area contributed by atoms with Gasteiger partial charge in [-0.25, -0.2) is 4.39 Å². The molecule has 0 saturated heterocycles. The minimum absolute atomic E-state index is 0.108. The largest absolute Gasteiger partial charge is 0.310 e. The predicted molar refractivity (Wildman–Crippen MR) is 86.6 cm³/mol. The van der Waals surface area contributed by atoms with E-state index in [9.17, 15) is 4.39 Å². The van der Waals surface area contributed by atoms with Crippen LogP contribution in [0.4, 0.5) is 4.39 Å². The average molecular weight is 325 g/mol. The number of halogens is 1. The summed E-state index contributed by atoms with van der Waals surface area (Å²) >= 11 is 3.12. The van der Waals surface area contributed by atoms with Gasteiger partial charge in [0.15, 0.2) is 4.34 Å². The highest BCUT2D eigenvalue weighted by Gasteiger charge is 2.15. The van der Waals surface area contributed by atoms with Crippen LogP contribution in [-0.2, 0) is 0 Å². The molecular weight excluding hydrogens is 305 g/mol. The van der Waals surface area contributed by atoms with E-state index < -0.39 is 0 Å². The van der Waals surface area contributed by atoms with Crippen LogP contribution in [0, 0.1) is 19.7 Å². The smallest absolute Gasteiger partial charge is 0.179 e. The molecule has 1 atom stereocenters. The Morgan fingerprint density at radius 1 is 1.33 bits per heavy atom. The summed E-state index contributed by atoms with van der Waals surface area (Å²) in [7, 11) is 0. The maximum absolute atomic E-state index is 13.9. The van der Waals surface area contributed by atoms with Crippen molar-refractivity contribution in [1.29, 1.82) is 0 Å². The molecule has 2 rings (SSSR count). The first-order valence-corrected chi connectivity index (χ1v) is 8.66. The van der Waals surface area contributed by atoms with E-state index in [4.69, 9.17) is 0 Å². The van der Waals surface area contributed by atoms with Gasteiger partial charge in [-0.3, -0.25) is 0 Å². The number of aryl methyl sites for hydroxylation is 2. The van der Waals surface area contributed by atoms with E-state index in [0.717, 1.165) is 32.8 Å². The normalized spacial score (nSPS) is 12.6. The number of hydrogen-bond acceptors (Lipinski definition) is 5. The SMILES string of the molecule is CCCNC(C)c1cc(F)c(C)cc1Sc1nnc(C)s1. The van der Waals surface area contributed by atoms with Gasteiger partial charge in [-0.1, -0.05) is 30.0 Å². The summed E-state index contributed by atoms with van der Waals surface area (Å²) in [5.74, 6) is -0.159. The molecule has 1 aromatic carbocycles. The Morgan fingerprint density at radius 3 is 2.71 bits per heavy atom. The zero-order chi connectivity index (χ0) is 15.4. The van der Waals surface area contributed by atoms with E-state index in [2.05, 4.69) is 29.4 Å². The third kappa shape index (κ3) is 4.25. The molecule has 2 aromatic rings. The third-order valence-corrected chi connectivity index (χ3v) is 5.13. The van der Waals surface area contributed by atoms with Gasteiger partial charge in [-0.2, -0.15) is 0 Å². The molecule has 0 radical (unpaired) electrons. The molecule has 1 aromatic heterocycles. The molecule has 1 unspecified atom stereocenters. The summed E-state index contributed by atoms with van der Waals surface area (Å²) in [4.78, 5) is 1.04. The van der Waals surface area contributed by atoms with E-state index >= 15 is 0 Å². The molecule has 0 spiro atoms. The Bertz CT molecular complexity index is 613. The van der Waals surface area contributed by atoms with Gasteiger partial charge in [0.25, 0.3) is 0 Å². The number of benzene rings is 1.